The van der Waals surface area contributed by atoms with Crippen molar-refractivity contribution < 1.29 is 9.53 Å². The zero-order chi connectivity index (χ0) is 15.1. The number of nitrogens with one attached hydrogen (secondary N) is 1. The maximum Gasteiger partial charge on any atom is 0.223 e. The second kappa shape index (κ2) is 7.97. The van der Waals surface area contributed by atoms with Crippen LogP contribution in [0.2, 0.25) is 0 Å². The van der Waals surface area contributed by atoms with Gasteiger partial charge in [0.25, 0.3) is 0 Å². The third kappa shape index (κ3) is 4.58. The van der Waals surface area contributed by atoms with Gasteiger partial charge in [-0.2, -0.15) is 0 Å². The van der Waals surface area contributed by atoms with Crippen LogP contribution in [0.15, 0.2) is 18.3 Å². The lowest BCUT2D eigenvalue weighted by Crippen LogP contribution is -2.36. The Morgan fingerprint density at radius 2 is 2.20 bits per heavy atom. The first kappa shape index (κ1) is 16.6. The molecule has 0 radical (unpaired) electrons. The molecule has 1 rings (SSSR count). The van der Waals surface area contributed by atoms with Gasteiger partial charge >= 0.3 is 0 Å². The molecule has 1 amide bonds. The Bertz CT molecular complexity index is 431. The van der Waals surface area contributed by atoms with Crippen LogP contribution in [-0.4, -0.2) is 30.6 Å². The highest BCUT2D eigenvalue weighted by Crippen LogP contribution is 2.22. The van der Waals surface area contributed by atoms with Gasteiger partial charge < -0.3 is 15.8 Å². The van der Waals surface area contributed by atoms with E-state index in [1.807, 2.05) is 19.1 Å². The maximum absolute atomic E-state index is 12.1. The molecule has 0 saturated carbocycles. The Morgan fingerprint density at radius 1 is 1.50 bits per heavy atom. The second-order valence-electron chi connectivity index (χ2n) is 5.29. The summed E-state index contributed by atoms with van der Waals surface area (Å²) in [6.07, 6.45) is 1.77. The first-order chi connectivity index (χ1) is 9.49. The van der Waals surface area contributed by atoms with Crippen molar-refractivity contribution >= 4 is 5.91 Å². The van der Waals surface area contributed by atoms with Crippen LogP contribution in [0.4, 0.5) is 0 Å². The van der Waals surface area contributed by atoms with Crippen molar-refractivity contribution in [1.82, 2.24) is 10.3 Å². The lowest BCUT2D eigenvalue weighted by atomic mass is 9.97. The molecule has 1 heterocycles. The minimum absolute atomic E-state index is 0.0638. The standard InChI is InChI=1S/C15H25N3O2/c1-10(2)14(15-11(3)6-5-7-17-15)18-13(19)8-12(9-16)20-4/h5-7,10,12,14H,8-9,16H2,1-4H3,(H,18,19). The summed E-state index contributed by atoms with van der Waals surface area (Å²) in [5, 5.41) is 3.04. The number of hydrogen-bond acceptors (Lipinski definition) is 4. The number of ether oxygens (including phenoxy) is 1. The van der Waals surface area contributed by atoms with Crippen molar-refractivity contribution in [2.45, 2.75) is 39.3 Å². The van der Waals surface area contributed by atoms with E-state index >= 15 is 0 Å². The predicted octanol–water partition coefficient (Wildman–Crippen LogP) is 1.57. The number of hydrogen-bond donors (Lipinski definition) is 2. The van der Waals surface area contributed by atoms with Crippen molar-refractivity contribution in [2.24, 2.45) is 11.7 Å². The molecule has 0 fully saturated rings. The second-order valence-corrected chi connectivity index (χ2v) is 5.29. The molecule has 1 aromatic heterocycles. The number of aromatic nitrogens is 1. The molecule has 3 N–H and O–H groups in total. The van der Waals surface area contributed by atoms with Crippen LogP contribution >= 0.6 is 0 Å². The van der Waals surface area contributed by atoms with Crippen molar-refractivity contribution in [3.05, 3.63) is 29.6 Å². The van der Waals surface area contributed by atoms with Gasteiger partial charge in [0, 0.05) is 19.9 Å². The topological polar surface area (TPSA) is 77.2 Å². The van der Waals surface area contributed by atoms with E-state index in [9.17, 15) is 4.79 Å². The molecular weight excluding hydrogens is 254 g/mol. The molecule has 0 spiro atoms. The van der Waals surface area contributed by atoms with Crippen LogP contribution in [0.3, 0.4) is 0 Å². The molecule has 0 saturated heterocycles. The molecule has 2 unspecified atom stereocenters. The molecule has 20 heavy (non-hydrogen) atoms. The number of rotatable bonds is 7. The van der Waals surface area contributed by atoms with Gasteiger partial charge in [-0.15, -0.1) is 0 Å². The molecule has 0 bridgehead atoms. The number of carbonyl (C=O) groups excluding carboxylic acids is 1. The summed E-state index contributed by atoms with van der Waals surface area (Å²) in [6, 6.07) is 3.80. The van der Waals surface area contributed by atoms with Crippen molar-refractivity contribution in [3.8, 4) is 0 Å². The fourth-order valence-corrected chi connectivity index (χ4v) is 2.08. The van der Waals surface area contributed by atoms with E-state index in [0.29, 0.717) is 6.54 Å². The SMILES string of the molecule is COC(CN)CC(=O)NC(c1ncccc1C)C(C)C. The normalized spacial score (nSPS) is 14.1. The molecule has 5 nitrogen and oxygen atoms in total. The van der Waals surface area contributed by atoms with E-state index in [1.54, 1.807) is 13.3 Å². The number of amides is 1. The molecule has 112 valence electrons. The maximum atomic E-state index is 12.1. The fraction of sp³-hybridized carbons (Fsp3) is 0.600. The molecule has 1 aromatic rings. The lowest BCUT2D eigenvalue weighted by Gasteiger charge is -2.24. The summed E-state index contributed by atoms with van der Waals surface area (Å²) in [4.78, 5) is 16.5. The van der Waals surface area contributed by atoms with Crippen LogP contribution in [0.1, 0.15) is 37.6 Å². The highest BCUT2D eigenvalue weighted by Gasteiger charge is 2.22. The largest absolute Gasteiger partial charge is 0.380 e. The third-order valence-corrected chi connectivity index (χ3v) is 3.34. The van der Waals surface area contributed by atoms with Crippen molar-refractivity contribution in [1.29, 1.82) is 0 Å². The average Bonchev–Trinajstić information content (AvgIpc) is 2.43. The summed E-state index contributed by atoms with van der Waals surface area (Å²) in [5.41, 5.74) is 7.53. The van der Waals surface area contributed by atoms with Crippen LogP contribution in [0.25, 0.3) is 0 Å². The summed E-state index contributed by atoms with van der Waals surface area (Å²) >= 11 is 0. The van der Waals surface area contributed by atoms with Gasteiger partial charge in [0.2, 0.25) is 5.91 Å². The molecule has 0 aliphatic carbocycles. The zero-order valence-corrected chi connectivity index (χ0v) is 12.7. The Labute approximate surface area is 120 Å². The van der Waals surface area contributed by atoms with Crippen LogP contribution in [-0.2, 0) is 9.53 Å². The predicted molar refractivity (Wildman–Crippen MR) is 79.2 cm³/mol. The van der Waals surface area contributed by atoms with Gasteiger partial charge in [-0.1, -0.05) is 19.9 Å². The summed E-state index contributed by atoms with van der Waals surface area (Å²) in [7, 11) is 1.56. The number of pyridine rings is 1. The van der Waals surface area contributed by atoms with Gasteiger partial charge in [-0.3, -0.25) is 9.78 Å². The Morgan fingerprint density at radius 3 is 2.70 bits per heavy atom. The minimum Gasteiger partial charge on any atom is -0.380 e. The van der Waals surface area contributed by atoms with E-state index in [-0.39, 0.29) is 30.4 Å². The first-order valence-electron chi connectivity index (χ1n) is 6.93. The fourth-order valence-electron chi connectivity index (χ4n) is 2.08. The molecule has 0 aliphatic heterocycles. The van der Waals surface area contributed by atoms with Crippen LogP contribution < -0.4 is 11.1 Å². The number of methoxy groups -OCH3 is 1. The number of aryl methyl sites for hydroxylation is 1. The quantitative estimate of drug-likeness (QED) is 0.794. The molecule has 0 aromatic carbocycles. The van der Waals surface area contributed by atoms with Crippen molar-refractivity contribution in [3.63, 3.8) is 0 Å². The smallest absolute Gasteiger partial charge is 0.223 e. The average molecular weight is 279 g/mol. The van der Waals surface area contributed by atoms with Gasteiger partial charge in [0.15, 0.2) is 0 Å². The van der Waals surface area contributed by atoms with E-state index in [1.165, 1.54) is 0 Å². The Kier molecular flexibility index (Phi) is 6.61. The zero-order valence-electron chi connectivity index (χ0n) is 12.7. The van der Waals surface area contributed by atoms with Crippen molar-refractivity contribution in [2.75, 3.05) is 13.7 Å². The molecule has 5 heteroatoms. The third-order valence-electron chi connectivity index (χ3n) is 3.34. The Balaban J connectivity index is 2.79. The van der Waals surface area contributed by atoms with E-state index in [0.717, 1.165) is 11.3 Å². The van der Waals surface area contributed by atoms with Gasteiger partial charge in [-0.05, 0) is 24.5 Å². The summed E-state index contributed by atoms with van der Waals surface area (Å²) < 4.78 is 5.14. The minimum atomic E-state index is -0.243. The van der Waals surface area contributed by atoms with Gasteiger partial charge in [0.05, 0.1) is 24.3 Å². The van der Waals surface area contributed by atoms with E-state index < -0.39 is 0 Å². The summed E-state index contributed by atoms with van der Waals surface area (Å²) in [5.74, 6) is 0.192. The van der Waals surface area contributed by atoms with E-state index in [4.69, 9.17) is 10.5 Å². The summed E-state index contributed by atoms with van der Waals surface area (Å²) in [6.45, 7) is 6.46. The highest BCUT2D eigenvalue weighted by atomic mass is 16.5. The van der Waals surface area contributed by atoms with Crippen LogP contribution in [0.5, 0.6) is 0 Å². The first-order valence-corrected chi connectivity index (χ1v) is 6.93. The monoisotopic (exact) mass is 279 g/mol. The van der Waals surface area contributed by atoms with Gasteiger partial charge in [0.1, 0.15) is 0 Å². The molecule has 2 atom stereocenters. The number of nitrogens with zero attached hydrogens (tertiary/aromatic N) is 1. The highest BCUT2D eigenvalue weighted by molar-refractivity contribution is 5.77. The lowest BCUT2D eigenvalue weighted by molar-refractivity contribution is -0.124. The van der Waals surface area contributed by atoms with Crippen LogP contribution in [0, 0.1) is 12.8 Å². The van der Waals surface area contributed by atoms with Gasteiger partial charge in [-0.25, -0.2) is 0 Å². The number of carbonyl (C=O) groups is 1. The Hall–Kier alpha value is -1.46. The van der Waals surface area contributed by atoms with E-state index in [2.05, 4.69) is 24.1 Å². The molecular formula is C15H25N3O2. The molecule has 0 aliphatic rings. The number of nitrogens with two attached hydrogens (primary N) is 1.